The molecule has 0 radical (unpaired) electrons. The summed E-state index contributed by atoms with van der Waals surface area (Å²) in [5, 5.41) is 0.840. The summed E-state index contributed by atoms with van der Waals surface area (Å²) in [6, 6.07) is 9.82. The van der Waals surface area contributed by atoms with E-state index in [2.05, 4.69) is 9.71 Å². The van der Waals surface area contributed by atoms with E-state index < -0.39 is 38.1 Å². The van der Waals surface area contributed by atoms with Gasteiger partial charge in [0.25, 0.3) is 10.0 Å². The summed E-state index contributed by atoms with van der Waals surface area (Å²) < 4.78 is 76.5. The quantitative estimate of drug-likeness (QED) is 0.331. The maximum atomic E-state index is 15.8. The number of thiazole rings is 1. The molecule has 36 heavy (non-hydrogen) atoms. The van der Waals surface area contributed by atoms with Crippen LogP contribution in [0.3, 0.4) is 0 Å². The Bertz CT molecular complexity index is 1510. The Balaban J connectivity index is 1.58. The molecule has 186 valence electrons. The van der Waals surface area contributed by atoms with Crippen molar-refractivity contribution in [2.45, 2.75) is 23.7 Å². The zero-order valence-corrected chi connectivity index (χ0v) is 20.4. The average molecular weight is 532 g/mol. The van der Waals surface area contributed by atoms with Crippen molar-refractivity contribution in [2.75, 3.05) is 17.9 Å². The molecule has 0 saturated carbocycles. The lowest BCUT2D eigenvalue weighted by atomic mass is 10.0. The van der Waals surface area contributed by atoms with Crippen molar-refractivity contribution in [1.82, 2.24) is 9.97 Å². The van der Waals surface area contributed by atoms with Crippen molar-refractivity contribution in [3.05, 3.63) is 83.4 Å². The first-order valence-corrected chi connectivity index (χ1v) is 13.4. The summed E-state index contributed by atoms with van der Waals surface area (Å²) in [7, 11) is -4.61. The fourth-order valence-electron chi connectivity index (χ4n) is 4.01. The summed E-state index contributed by atoms with van der Waals surface area (Å²) in [6.45, 7) is 1.23. The second kappa shape index (κ2) is 10.00. The SMILES string of the molecule is O=S(=O)(Nc1cccc(-c2nc(C3CCOCC3)sc2-c2ccncc2)c1F)c1cc(F)ccc1F. The van der Waals surface area contributed by atoms with Crippen LogP contribution in [-0.2, 0) is 14.8 Å². The van der Waals surface area contributed by atoms with Gasteiger partial charge in [-0.1, -0.05) is 6.07 Å². The molecule has 0 aliphatic carbocycles. The van der Waals surface area contributed by atoms with E-state index in [1.807, 2.05) is 0 Å². The number of hydrogen-bond donors (Lipinski definition) is 1. The van der Waals surface area contributed by atoms with Gasteiger partial charge in [0.15, 0.2) is 5.82 Å². The summed E-state index contributed by atoms with van der Waals surface area (Å²) in [5.41, 5.74) is 0.833. The standard InChI is InChI=1S/C25H20F3N3O3S2/c26-17-4-5-19(27)21(14-17)36(32,33)31-20-3-1-2-18(22(20)28)23-24(15-6-10-29-11-7-15)35-25(30-23)16-8-12-34-13-9-16/h1-7,10-11,14,16,31H,8-9,12-13H2. The lowest BCUT2D eigenvalue weighted by Crippen LogP contribution is -2.16. The number of ether oxygens (including phenoxy) is 1. The zero-order chi connectivity index (χ0) is 25.3. The smallest absolute Gasteiger partial charge is 0.265 e. The predicted octanol–water partition coefficient (Wildman–Crippen LogP) is 5.98. The molecule has 5 rings (SSSR count). The van der Waals surface area contributed by atoms with Crippen LogP contribution in [0.1, 0.15) is 23.8 Å². The van der Waals surface area contributed by atoms with E-state index in [0.29, 0.717) is 35.9 Å². The molecule has 1 fully saturated rings. The van der Waals surface area contributed by atoms with Crippen LogP contribution in [0.15, 0.2) is 65.8 Å². The van der Waals surface area contributed by atoms with Gasteiger partial charge in [0.05, 0.1) is 21.3 Å². The van der Waals surface area contributed by atoms with Gasteiger partial charge < -0.3 is 4.74 Å². The number of nitrogens with zero attached hydrogens (tertiary/aromatic N) is 2. The molecule has 0 atom stereocenters. The minimum atomic E-state index is -4.61. The lowest BCUT2D eigenvalue weighted by Gasteiger charge is -2.19. The zero-order valence-electron chi connectivity index (χ0n) is 18.7. The van der Waals surface area contributed by atoms with Gasteiger partial charge in [0, 0.05) is 37.1 Å². The number of sulfonamides is 1. The number of pyridine rings is 1. The van der Waals surface area contributed by atoms with Gasteiger partial charge in [-0.3, -0.25) is 9.71 Å². The van der Waals surface area contributed by atoms with Crippen LogP contribution in [0.2, 0.25) is 0 Å². The van der Waals surface area contributed by atoms with E-state index in [9.17, 15) is 17.2 Å². The van der Waals surface area contributed by atoms with Gasteiger partial charge in [-0.25, -0.2) is 26.6 Å². The molecule has 0 bridgehead atoms. The van der Waals surface area contributed by atoms with Crippen LogP contribution in [-0.4, -0.2) is 31.6 Å². The van der Waals surface area contributed by atoms with Crippen LogP contribution in [0.4, 0.5) is 18.9 Å². The number of hydrogen-bond acceptors (Lipinski definition) is 6. The second-order valence-electron chi connectivity index (χ2n) is 8.20. The van der Waals surface area contributed by atoms with Gasteiger partial charge in [0.1, 0.15) is 16.5 Å². The highest BCUT2D eigenvalue weighted by Crippen LogP contribution is 2.42. The maximum Gasteiger partial charge on any atom is 0.265 e. The molecular formula is C25H20F3N3O3S2. The van der Waals surface area contributed by atoms with Crippen LogP contribution in [0.5, 0.6) is 0 Å². The molecule has 0 spiro atoms. The molecule has 0 unspecified atom stereocenters. The minimum absolute atomic E-state index is 0.0799. The number of aromatic nitrogens is 2. The Morgan fingerprint density at radius 1 is 1.00 bits per heavy atom. The van der Waals surface area contributed by atoms with Gasteiger partial charge in [0.2, 0.25) is 0 Å². The van der Waals surface area contributed by atoms with Crippen LogP contribution in [0, 0.1) is 17.5 Å². The van der Waals surface area contributed by atoms with E-state index in [0.717, 1.165) is 29.5 Å². The third kappa shape index (κ3) is 4.86. The highest BCUT2D eigenvalue weighted by atomic mass is 32.2. The predicted molar refractivity (Wildman–Crippen MR) is 131 cm³/mol. The fraction of sp³-hybridized carbons (Fsp3) is 0.200. The Kier molecular flexibility index (Phi) is 6.78. The largest absolute Gasteiger partial charge is 0.381 e. The molecule has 4 aromatic rings. The van der Waals surface area contributed by atoms with Crippen molar-refractivity contribution in [3.8, 4) is 21.7 Å². The van der Waals surface area contributed by atoms with Gasteiger partial charge in [-0.05, 0) is 60.9 Å². The lowest BCUT2D eigenvalue weighted by molar-refractivity contribution is 0.0853. The number of nitrogens with one attached hydrogen (secondary N) is 1. The molecule has 2 aromatic heterocycles. The number of halogens is 3. The Hall–Kier alpha value is -3.28. The first-order valence-electron chi connectivity index (χ1n) is 11.1. The molecule has 1 aliphatic heterocycles. The van der Waals surface area contributed by atoms with Crippen molar-refractivity contribution < 1.29 is 26.3 Å². The van der Waals surface area contributed by atoms with Crippen LogP contribution >= 0.6 is 11.3 Å². The van der Waals surface area contributed by atoms with Crippen LogP contribution < -0.4 is 4.72 Å². The normalized spacial score (nSPS) is 14.6. The Labute approximate surface area is 209 Å². The Morgan fingerprint density at radius 3 is 2.50 bits per heavy atom. The molecule has 0 amide bonds. The molecule has 1 saturated heterocycles. The fourth-order valence-corrected chi connectivity index (χ4v) is 6.42. The monoisotopic (exact) mass is 531 g/mol. The molecule has 1 N–H and O–H groups in total. The van der Waals surface area contributed by atoms with Crippen LogP contribution in [0.25, 0.3) is 21.7 Å². The molecule has 11 heteroatoms. The molecule has 2 aromatic carbocycles. The number of rotatable bonds is 6. The number of anilines is 1. The van der Waals surface area contributed by atoms with Crippen molar-refractivity contribution in [1.29, 1.82) is 0 Å². The minimum Gasteiger partial charge on any atom is -0.381 e. The first-order chi connectivity index (χ1) is 17.3. The van der Waals surface area contributed by atoms with Crippen molar-refractivity contribution in [2.24, 2.45) is 0 Å². The summed E-state index contributed by atoms with van der Waals surface area (Å²) in [6.07, 6.45) is 4.84. The molecular weight excluding hydrogens is 511 g/mol. The molecule has 3 heterocycles. The van der Waals surface area contributed by atoms with E-state index in [1.165, 1.54) is 29.5 Å². The maximum absolute atomic E-state index is 15.8. The first kappa shape index (κ1) is 24.4. The Morgan fingerprint density at radius 2 is 1.75 bits per heavy atom. The van der Waals surface area contributed by atoms with Gasteiger partial charge >= 0.3 is 0 Å². The topological polar surface area (TPSA) is 81.2 Å². The van der Waals surface area contributed by atoms with E-state index in [4.69, 9.17) is 9.72 Å². The van der Waals surface area contributed by atoms with E-state index >= 15 is 4.39 Å². The van der Waals surface area contributed by atoms with Gasteiger partial charge in [-0.2, -0.15) is 0 Å². The van der Waals surface area contributed by atoms with E-state index in [1.54, 1.807) is 24.5 Å². The summed E-state index contributed by atoms with van der Waals surface area (Å²) in [5.74, 6) is -2.80. The highest BCUT2D eigenvalue weighted by molar-refractivity contribution is 7.92. The third-order valence-electron chi connectivity index (χ3n) is 5.84. The second-order valence-corrected chi connectivity index (χ2v) is 10.9. The third-order valence-corrected chi connectivity index (χ3v) is 8.49. The average Bonchev–Trinajstić information content (AvgIpc) is 3.33. The van der Waals surface area contributed by atoms with Crippen molar-refractivity contribution in [3.63, 3.8) is 0 Å². The molecule has 1 aliphatic rings. The molecule has 6 nitrogen and oxygen atoms in total. The van der Waals surface area contributed by atoms with Gasteiger partial charge in [-0.15, -0.1) is 11.3 Å². The summed E-state index contributed by atoms with van der Waals surface area (Å²) in [4.78, 5) is 8.62. The highest BCUT2D eigenvalue weighted by Gasteiger charge is 2.27. The number of benzene rings is 2. The van der Waals surface area contributed by atoms with Crippen molar-refractivity contribution >= 4 is 27.0 Å². The van der Waals surface area contributed by atoms with E-state index in [-0.39, 0.29) is 11.5 Å². The summed E-state index contributed by atoms with van der Waals surface area (Å²) >= 11 is 1.45.